The Hall–Kier alpha value is -0.466. The minimum absolute atomic E-state index is 0. The van der Waals surface area contributed by atoms with E-state index in [1.165, 1.54) is 5.56 Å². The van der Waals surface area contributed by atoms with Gasteiger partial charge in [-0.2, -0.15) is 6.42 Å². The van der Waals surface area contributed by atoms with Gasteiger partial charge < -0.3 is 8.83 Å². The third kappa shape index (κ3) is 1.29. The number of furan rings is 2. The molecule has 0 saturated carbocycles. The largest absolute Gasteiger partial charge is 0.503 e. The van der Waals surface area contributed by atoms with Crippen molar-refractivity contribution in [1.29, 1.82) is 0 Å². The molecule has 2 nitrogen and oxygen atoms in total. The molecular formula is C11H9O2Y-. The second kappa shape index (κ2) is 3.60. The zero-order valence-electron chi connectivity index (χ0n) is 7.86. The summed E-state index contributed by atoms with van der Waals surface area (Å²) in [5.41, 5.74) is 2.31. The Morgan fingerprint density at radius 3 is 2.71 bits per heavy atom. The van der Waals surface area contributed by atoms with Crippen LogP contribution in [-0.4, -0.2) is 0 Å². The molecule has 1 radical (unpaired) electrons. The van der Waals surface area contributed by atoms with Crippen molar-refractivity contribution in [2.45, 2.75) is 12.8 Å². The Bertz CT molecular complexity index is 442. The zero-order chi connectivity index (χ0) is 8.84. The Morgan fingerprint density at radius 1 is 1.14 bits per heavy atom. The van der Waals surface area contributed by atoms with Gasteiger partial charge in [-0.25, -0.2) is 0 Å². The minimum Gasteiger partial charge on any atom is -0.503 e. The van der Waals surface area contributed by atoms with Gasteiger partial charge in [0.05, 0.1) is 18.3 Å². The molecule has 1 aliphatic rings. The molecule has 1 unspecified atom stereocenters. The molecule has 0 N–H and O–H groups in total. The van der Waals surface area contributed by atoms with Gasteiger partial charge in [0.15, 0.2) is 0 Å². The molecule has 0 spiro atoms. The Morgan fingerprint density at radius 2 is 1.86 bits per heavy atom. The summed E-state index contributed by atoms with van der Waals surface area (Å²) in [6.07, 6.45) is 5.54. The molecule has 2 heterocycles. The first kappa shape index (κ1) is 10.1. The van der Waals surface area contributed by atoms with Crippen LogP contribution in [0.1, 0.15) is 24.4 Å². The Balaban J connectivity index is 0.000000750. The summed E-state index contributed by atoms with van der Waals surface area (Å²) in [4.78, 5) is 0. The van der Waals surface area contributed by atoms with E-state index < -0.39 is 0 Å². The maximum absolute atomic E-state index is 5.42. The summed E-state index contributed by atoms with van der Waals surface area (Å²) in [5.74, 6) is 2.30. The molecule has 0 saturated heterocycles. The zero-order valence-corrected chi connectivity index (χ0v) is 10.7. The monoisotopic (exact) mass is 262 g/mol. The van der Waals surface area contributed by atoms with E-state index >= 15 is 0 Å². The van der Waals surface area contributed by atoms with Crippen LogP contribution in [0.15, 0.2) is 33.5 Å². The SMILES string of the molecule is CC1[CH-]c2occc2-c2ccoc21.[Y]. The van der Waals surface area contributed by atoms with Crippen molar-refractivity contribution in [2.24, 2.45) is 0 Å². The van der Waals surface area contributed by atoms with Crippen LogP contribution < -0.4 is 0 Å². The van der Waals surface area contributed by atoms with E-state index in [4.69, 9.17) is 8.83 Å². The predicted molar refractivity (Wildman–Crippen MR) is 48.2 cm³/mol. The summed E-state index contributed by atoms with van der Waals surface area (Å²) >= 11 is 0. The van der Waals surface area contributed by atoms with Gasteiger partial charge >= 0.3 is 0 Å². The summed E-state index contributed by atoms with van der Waals surface area (Å²) in [6, 6.07) is 3.97. The second-order valence-electron chi connectivity index (χ2n) is 3.35. The van der Waals surface area contributed by atoms with Crippen LogP contribution in [0.4, 0.5) is 0 Å². The van der Waals surface area contributed by atoms with Crippen molar-refractivity contribution in [3.63, 3.8) is 0 Å². The first-order chi connectivity index (χ1) is 6.36. The van der Waals surface area contributed by atoms with Gasteiger partial charge in [0.1, 0.15) is 0 Å². The van der Waals surface area contributed by atoms with Crippen LogP contribution in [0, 0.1) is 6.42 Å². The first-order valence-electron chi connectivity index (χ1n) is 4.36. The van der Waals surface area contributed by atoms with E-state index in [1.807, 2.05) is 12.1 Å². The fourth-order valence-corrected chi connectivity index (χ4v) is 1.87. The summed E-state index contributed by atoms with van der Waals surface area (Å²) in [7, 11) is 0. The van der Waals surface area contributed by atoms with E-state index in [9.17, 15) is 0 Å². The van der Waals surface area contributed by atoms with Gasteiger partial charge in [-0.05, 0) is 17.7 Å². The Labute approximate surface area is 108 Å². The molecule has 3 heteroatoms. The summed E-state index contributed by atoms with van der Waals surface area (Å²) in [5, 5.41) is 0. The van der Waals surface area contributed by atoms with Crippen LogP contribution in [0.5, 0.6) is 0 Å². The van der Waals surface area contributed by atoms with Gasteiger partial charge in [0, 0.05) is 32.7 Å². The fourth-order valence-electron chi connectivity index (χ4n) is 1.87. The molecule has 14 heavy (non-hydrogen) atoms. The predicted octanol–water partition coefficient (Wildman–Crippen LogP) is 3.21. The normalized spacial score (nSPS) is 17.6. The second-order valence-corrected chi connectivity index (χ2v) is 3.35. The van der Waals surface area contributed by atoms with Crippen molar-refractivity contribution in [2.75, 3.05) is 0 Å². The fraction of sp³-hybridized carbons (Fsp3) is 0.182. The molecule has 1 aliphatic carbocycles. The molecule has 2 aromatic heterocycles. The van der Waals surface area contributed by atoms with E-state index in [-0.39, 0.29) is 32.7 Å². The van der Waals surface area contributed by atoms with E-state index in [0.717, 1.165) is 17.1 Å². The third-order valence-corrected chi connectivity index (χ3v) is 2.50. The van der Waals surface area contributed by atoms with E-state index in [2.05, 4.69) is 13.3 Å². The molecule has 2 aromatic rings. The smallest absolute Gasteiger partial charge is 0.0896 e. The number of hydrogen-bond donors (Lipinski definition) is 0. The average Bonchev–Trinajstić information content (AvgIpc) is 2.66. The molecule has 0 bridgehead atoms. The molecule has 1 atom stereocenters. The van der Waals surface area contributed by atoms with Gasteiger partial charge in [0.25, 0.3) is 0 Å². The van der Waals surface area contributed by atoms with Gasteiger partial charge in [-0.15, -0.1) is 5.56 Å². The summed E-state index contributed by atoms with van der Waals surface area (Å²) < 4.78 is 10.8. The van der Waals surface area contributed by atoms with Gasteiger partial charge in [-0.3, -0.25) is 0 Å². The summed E-state index contributed by atoms with van der Waals surface area (Å²) in [6.45, 7) is 2.10. The molecule has 0 aliphatic heterocycles. The molecule has 0 amide bonds. The topological polar surface area (TPSA) is 26.3 Å². The molecular weight excluding hydrogens is 253 g/mol. The van der Waals surface area contributed by atoms with Crippen molar-refractivity contribution in [3.05, 3.63) is 42.6 Å². The third-order valence-electron chi connectivity index (χ3n) is 2.50. The molecule has 69 valence electrons. The van der Waals surface area contributed by atoms with E-state index in [1.54, 1.807) is 12.5 Å². The van der Waals surface area contributed by atoms with Crippen molar-refractivity contribution in [3.8, 4) is 11.1 Å². The molecule has 3 rings (SSSR count). The Kier molecular flexibility index (Phi) is 2.59. The van der Waals surface area contributed by atoms with Crippen molar-refractivity contribution in [1.82, 2.24) is 0 Å². The maximum atomic E-state index is 5.42. The van der Waals surface area contributed by atoms with Crippen molar-refractivity contribution < 1.29 is 41.5 Å². The van der Waals surface area contributed by atoms with Crippen molar-refractivity contribution >= 4 is 0 Å². The molecule has 0 aromatic carbocycles. The van der Waals surface area contributed by atoms with Crippen LogP contribution in [-0.2, 0) is 32.7 Å². The van der Waals surface area contributed by atoms with Crippen LogP contribution in [0.25, 0.3) is 11.1 Å². The van der Waals surface area contributed by atoms with Gasteiger partial charge in [-0.1, -0.05) is 18.6 Å². The number of hydrogen-bond acceptors (Lipinski definition) is 2. The maximum Gasteiger partial charge on any atom is 0.0896 e. The number of fused-ring (bicyclic) bond motifs is 3. The van der Waals surface area contributed by atoms with Crippen LogP contribution >= 0.6 is 0 Å². The minimum atomic E-state index is 0. The molecule has 0 fully saturated rings. The van der Waals surface area contributed by atoms with Crippen LogP contribution in [0.2, 0.25) is 0 Å². The standard InChI is InChI=1S/C11H9O2.Y/c1-7-6-10-8(2-4-12-10)9-3-5-13-11(7)9;/h2-7H,1H3;/q-1;. The van der Waals surface area contributed by atoms with E-state index in [0.29, 0.717) is 5.92 Å². The average molecular weight is 262 g/mol. The first-order valence-corrected chi connectivity index (χ1v) is 4.36. The quantitative estimate of drug-likeness (QED) is 0.681. The van der Waals surface area contributed by atoms with Gasteiger partial charge in [0.2, 0.25) is 0 Å². The van der Waals surface area contributed by atoms with Crippen LogP contribution in [0.3, 0.4) is 0 Å². The number of rotatable bonds is 0.